The molecule has 170 valence electrons. The Morgan fingerprint density at radius 2 is 1.18 bits per heavy atom. The molecule has 33 heavy (non-hydrogen) atoms. The fourth-order valence-electron chi connectivity index (χ4n) is 3.43. The number of rotatable bonds is 9. The third kappa shape index (κ3) is 7.02. The smallest absolute Gasteiger partial charge is 0.337 e. The van der Waals surface area contributed by atoms with Crippen molar-refractivity contribution < 1.29 is 23.9 Å². The predicted molar refractivity (Wildman–Crippen MR) is 125 cm³/mol. The van der Waals surface area contributed by atoms with Gasteiger partial charge in [-0.3, -0.25) is 9.69 Å². The largest absolute Gasteiger partial charge is 0.465 e. The van der Waals surface area contributed by atoms with Crippen molar-refractivity contribution in [2.75, 3.05) is 26.1 Å². The van der Waals surface area contributed by atoms with Crippen LogP contribution in [0.2, 0.25) is 0 Å². The van der Waals surface area contributed by atoms with Gasteiger partial charge in [-0.25, -0.2) is 9.59 Å². The van der Waals surface area contributed by atoms with Crippen LogP contribution in [0.5, 0.6) is 0 Å². The second-order valence-electron chi connectivity index (χ2n) is 7.45. The third-order valence-corrected chi connectivity index (χ3v) is 4.92. The van der Waals surface area contributed by atoms with Crippen LogP contribution < -0.4 is 5.32 Å². The molecule has 7 nitrogen and oxygen atoms in total. The van der Waals surface area contributed by atoms with Gasteiger partial charge in [-0.15, -0.1) is 0 Å². The van der Waals surface area contributed by atoms with E-state index in [2.05, 4.69) is 5.32 Å². The molecule has 0 radical (unpaired) electrons. The summed E-state index contributed by atoms with van der Waals surface area (Å²) in [7, 11) is 2.49. The summed E-state index contributed by atoms with van der Waals surface area (Å²) in [5, 5.41) is 2.79. The number of carbonyl (C=O) groups is 3. The number of nitrogens with zero attached hydrogens (tertiary/aromatic N) is 1. The molecule has 1 N–H and O–H groups in total. The molecule has 3 aromatic carbocycles. The summed E-state index contributed by atoms with van der Waals surface area (Å²) in [5.74, 6) is -1.52. The first kappa shape index (κ1) is 23.7. The standard InChI is InChI=1S/C26H26N2O5/c1-32-25(30)21-13-22(26(31)33-2)15-23(14-21)27-24(29)18-28(16-19-9-5-3-6-10-19)17-20-11-7-4-8-12-20/h3-15H,16-18H2,1-2H3,(H,27,29). The second-order valence-corrected chi connectivity index (χ2v) is 7.45. The van der Waals surface area contributed by atoms with Gasteiger partial charge in [0, 0.05) is 18.8 Å². The lowest BCUT2D eigenvalue weighted by Crippen LogP contribution is -2.32. The highest BCUT2D eigenvalue weighted by molar-refractivity contribution is 5.99. The normalized spacial score (nSPS) is 10.5. The van der Waals surface area contributed by atoms with Crippen molar-refractivity contribution in [1.82, 2.24) is 4.90 Å². The first-order valence-corrected chi connectivity index (χ1v) is 10.4. The quantitative estimate of drug-likeness (QED) is 0.502. The lowest BCUT2D eigenvalue weighted by atomic mass is 10.1. The Labute approximate surface area is 192 Å². The van der Waals surface area contributed by atoms with Crippen LogP contribution in [-0.4, -0.2) is 43.5 Å². The number of benzene rings is 3. The van der Waals surface area contributed by atoms with Gasteiger partial charge in [0.25, 0.3) is 0 Å². The van der Waals surface area contributed by atoms with Gasteiger partial charge in [0.05, 0.1) is 31.9 Å². The van der Waals surface area contributed by atoms with Gasteiger partial charge in [0.1, 0.15) is 0 Å². The minimum absolute atomic E-state index is 0.111. The van der Waals surface area contributed by atoms with E-state index in [1.165, 1.54) is 32.4 Å². The minimum Gasteiger partial charge on any atom is -0.465 e. The highest BCUT2D eigenvalue weighted by Crippen LogP contribution is 2.18. The first-order valence-electron chi connectivity index (χ1n) is 10.4. The first-order chi connectivity index (χ1) is 16.0. The average Bonchev–Trinajstić information content (AvgIpc) is 2.83. The van der Waals surface area contributed by atoms with Crippen LogP contribution in [0, 0.1) is 0 Å². The number of hydrogen-bond donors (Lipinski definition) is 1. The molecule has 0 saturated heterocycles. The number of anilines is 1. The van der Waals surface area contributed by atoms with E-state index in [1.807, 2.05) is 65.6 Å². The molecule has 0 atom stereocenters. The van der Waals surface area contributed by atoms with Crippen LogP contribution in [0.15, 0.2) is 78.9 Å². The van der Waals surface area contributed by atoms with Crippen molar-refractivity contribution in [3.8, 4) is 0 Å². The van der Waals surface area contributed by atoms with Crippen LogP contribution in [0.25, 0.3) is 0 Å². The van der Waals surface area contributed by atoms with Crippen LogP contribution in [0.4, 0.5) is 5.69 Å². The summed E-state index contributed by atoms with van der Waals surface area (Å²) >= 11 is 0. The molecule has 0 aromatic heterocycles. The Balaban J connectivity index is 1.78. The van der Waals surface area contributed by atoms with Crippen molar-refractivity contribution in [3.63, 3.8) is 0 Å². The lowest BCUT2D eigenvalue weighted by molar-refractivity contribution is -0.117. The molecule has 0 aliphatic heterocycles. The van der Waals surface area contributed by atoms with Gasteiger partial charge >= 0.3 is 11.9 Å². The Morgan fingerprint density at radius 3 is 1.61 bits per heavy atom. The van der Waals surface area contributed by atoms with E-state index < -0.39 is 11.9 Å². The SMILES string of the molecule is COC(=O)c1cc(NC(=O)CN(Cc2ccccc2)Cc2ccccc2)cc(C(=O)OC)c1. The number of amides is 1. The maximum Gasteiger partial charge on any atom is 0.337 e. The van der Waals surface area contributed by atoms with Crippen molar-refractivity contribution in [2.45, 2.75) is 13.1 Å². The number of methoxy groups -OCH3 is 2. The van der Waals surface area contributed by atoms with E-state index in [0.29, 0.717) is 18.8 Å². The lowest BCUT2D eigenvalue weighted by Gasteiger charge is -2.22. The summed E-state index contributed by atoms with van der Waals surface area (Å²) < 4.78 is 9.50. The second kappa shape index (κ2) is 11.6. The zero-order chi connectivity index (χ0) is 23.6. The number of ether oxygens (including phenoxy) is 2. The molecule has 3 aromatic rings. The summed E-state index contributed by atoms with van der Waals surface area (Å²) in [6, 6.07) is 24.1. The predicted octanol–water partition coefficient (Wildman–Crippen LogP) is 3.90. The Kier molecular flexibility index (Phi) is 8.32. The Morgan fingerprint density at radius 1 is 0.727 bits per heavy atom. The summed E-state index contributed by atoms with van der Waals surface area (Å²) in [6.45, 7) is 1.28. The van der Waals surface area contributed by atoms with Crippen LogP contribution >= 0.6 is 0 Å². The molecular formula is C26H26N2O5. The molecule has 0 unspecified atom stereocenters. The summed E-state index contributed by atoms with van der Waals surface area (Å²) in [5.41, 5.74) is 2.76. The summed E-state index contributed by atoms with van der Waals surface area (Å²) in [6.07, 6.45) is 0. The van der Waals surface area contributed by atoms with E-state index in [1.54, 1.807) is 0 Å². The molecular weight excluding hydrogens is 420 g/mol. The zero-order valence-electron chi connectivity index (χ0n) is 18.6. The average molecular weight is 447 g/mol. The maximum absolute atomic E-state index is 12.9. The van der Waals surface area contributed by atoms with Crippen molar-refractivity contribution >= 4 is 23.5 Å². The molecule has 1 amide bonds. The van der Waals surface area contributed by atoms with Gasteiger partial charge in [-0.2, -0.15) is 0 Å². The number of carbonyl (C=O) groups excluding carboxylic acids is 3. The molecule has 0 saturated carbocycles. The highest BCUT2D eigenvalue weighted by atomic mass is 16.5. The van der Waals surface area contributed by atoms with Crippen LogP contribution in [0.1, 0.15) is 31.8 Å². The van der Waals surface area contributed by atoms with E-state index in [4.69, 9.17) is 9.47 Å². The third-order valence-electron chi connectivity index (χ3n) is 4.92. The highest BCUT2D eigenvalue weighted by Gasteiger charge is 2.17. The van der Waals surface area contributed by atoms with Gasteiger partial charge < -0.3 is 14.8 Å². The topological polar surface area (TPSA) is 84.9 Å². The molecule has 0 heterocycles. The van der Waals surface area contributed by atoms with E-state index in [9.17, 15) is 14.4 Å². The Hall–Kier alpha value is -3.97. The maximum atomic E-state index is 12.9. The molecule has 0 aliphatic rings. The molecule has 0 fully saturated rings. The fourth-order valence-corrected chi connectivity index (χ4v) is 3.43. The molecule has 0 bridgehead atoms. The molecule has 0 spiro atoms. The summed E-state index contributed by atoms with van der Waals surface area (Å²) in [4.78, 5) is 38.9. The molecule has 0 aliphatic carbocycles. The van der Waals surface area contributed by atoms with Crippen molar-refractivity contribution in [2.24, 2.45) is 0 Å². The van der Waals surface area contributed by atoms with Crippen molar-refractivity contribution in [1.29, 1.82) is 0 Å². The number of esters is 2. The van der Waals surface area contributed by atoms with E-state index in [-0.39, 0.29) is 23.6 Å². The monoisotopic (exact) mass is 446 g/mol. The van der Waals surface area contributed by atoms with Crippen molar-refractivity contribution in [3.05, 3.63) is 101 Å². The van der Waals surface area contributed by atoms with Gasteiger partial charge in [0.15, 0.2) is 0 Å². The Bertz CT molecular complexity index is 1020. The van der Waals surface area contributed by atoms with E-state index in [0.717, 1.165) is 11.1 Å². The molecule has 3 rings (SSSR count). The van der Waals surface area contributed by atoms with E-state index >= 15 is 0 Å². The van der Waals surface area contributed by atoms with Crippen LogP contribution in [0.3, 0.4) is 0 Å². The van der Waals surface area contributed by atoms with Gasteiger partial charge in [-0.1, -0.05) is 60.7 Å². The minimum atomic E-state index is -0.619. The van der Waals surface area contributed by atoms with Gasteiger partial charge in [-0.05, 0) is 29.3 Å². The number of nitrogens with one attached hydrogen (secondary N) is 1. The number of hydrogen-bond acceptors (Lipinski definition) is 6. The fraction of sp³-hybridized carbons (Fsp3) is 0.192. The zero-order valence-corrected chi connectivity index (χ0v) is 18.6. The molecule has 7 heteroatoms. The van der Waals surface area contributed by atoms with Crippen LogP contribution in [-0.2, 0) is 27.4 Å². The van der Waals surface area contributed by atoms with Gasteiger partial charge in [0.2, 0.25) is 5.91 Å².